The van der Waals surface area contributed by atoms with E-state index >= 15 is 0 Å². The van der Waals surface area contributed by atoms with Crippen molar-refractivity contribution in [3.05, 3.63) is 137 Å². The van der Waals surface area contributed by atoms with Crippen molar-refractivity contribution in [3.8, 4) is 16.8 Å². The molecule has 0 aliphatic carbocycles. The van der Waals surface area contributed by atoms with Gasteiger partial charge in [-0.25, -0.2) is 0 Å². The average molecular weight is 764 g/mol. The van der Waals surface area contributed by atoms with Crippen LogP contribution >= 0.6 is 22.7 Å². The first-order chi connectivity index (χ1) is 26.6. The number of hydrogen-bond donors (Lipinski definition) is 0. The second kappa shape index (κ2) is 12.2. The van der Waals surface area contributed by atoms with Gasteiger partial charge in [0.25, 0.3) is 0 Å². The number of fused-ring (bicyclic) bond motifs is 10. The van der Waals surface area contributed by atoms with Crippen molar-refractivity contribution < 1.29 is 0 Å². The van der Waals surface area contributed by atoms with E-state index < -0.39 is 0 Å². The molecule has 1 aliphatic heterocycles. The van der Waals surface area contributed by atoms with Gasteiger partial charge in [-0.3, -0.25) is 0 Å². The Morgan fingerprint density at radius 2 is 1.18 bits per heavy atom. The van der Waals surface area contributed by atoms with E-state index in [1.54, 1.807) is 0 Å². The van der Waals surface area contributed by atoms with Crippen LogP contribution in [0.25, 0.3) is 68.9 Å². The molecule has 4 heteroatoms. The molecule has 0 saturated carbocycles. The van der Waals surface area contributed by atoms with E-state index in [4.69, 9.17) is 0 Å². The molecule has 56 heavy (non-hydrogen) atoms. The Morgan fingerprint density at radius 3 is 1.91 bits per heavy atom. The zero-order valence-corrected chi connectivity index (χ0v) is 36.1. The van der Waals surface area contributed by atoms with Crippen molar-refractivity contribution in [2.24, 2.45) is 0 Å². The summed E-state index contributed by atoms with van der Waals surface area (Å²) in [6.45, 7) is 23.3. The SMILES string of the molecule is CC(c1ccc(C(C)(C)C)cc1)c1ccc(C(C)(C)C)cc1-c1ccc2c3cc4c(cc3n3c2c1Bc1sc2ccc(C(C)(C)C)cc2c1-3)sc1ccccc14. The highest BCUT2D eigenvalue weighted by Gasteiger charge is 2.31. The molecule has 4 heterocycles. The third-order valence-electron chi connectivity index (χ3n) is 12.6. The maximum Gasteiger partial charge on any atom is 0.211 e. The molecule has 1 atom stereocenters. The van der Waals surface area contributed by atoms with Gasteiger partial charge in [-0.2, -0.15) is 0 Å². The van der Waals surface area contributed by atoms with Crippen LogP contribution in [0.15, 0.2) is 109 Å². The lowest BCUT2D eigenvalue weighted by molar-refractivity contribution is 0.589. The van der Waals surface area contributed by atoms with Crippen molar-refractivity contribution in [2.45, 2.75) is 91.4 Å². The Hall–Kier alpha value is -4.64. The Balaban J connectivity index is 1.28. The molecule has 0 bridgehead atoms. The van der Waals surface area contributed by atoms with Crippen LogP contribution in [0.2, 0.25) is 0 Å². The van der Waals surface area contributed by atoms with Crippen LogP contribution in [0, 0.1) is 0 Å². The van der Waals surface area contributed by atoms with Gasteiger partial charge in [0.05, 0.1) is 11.2 Å². The molecule has 1 unspecified atom stereocenters. The van der Waals surface area contributed by atoms with Gasteiger partial charge in [0, 0.05) is 52.5 Å². The maximum absolute atomic E-state index is 2.68. The summed E-state index contributed by atoms with van der Waals surface area (Å²) in [6.07, 6.45) is 0. The molecule has 1 nitrogen and oxygen atoms in total. The number of rotatable bonds is 3. The van der Waals surface area contributed by atoms with E-state index in [-0.39, 0.29) is 22.2 Å². The quantitative estimate of drug-likeness (QED) is 0.158. The summed E-state index contributed by atoms with van der Waals surface area (Å²) in [5, 5.41) is 6.79. The van der Waals surface area contributed by atoms with E-state index in [9.17, 15) is 0 Å². The van der Waals surface area contributed by atoms with Crippen LogP contribution in [0.5, 0.6) is 0 Å². The van der Waals surface area contributed by atoms with Crippen LogP contribution in [-0.4, -0.2) is 11.8 Å². The highest BCUT2D eigenvalue weighted by Crippen LogP contribution is 2.45. The first kappa shape index (κ1) is 35.8. The molecule has 0 N–H and O–H groups in total. The Labute approximate surface area is 340 Å². The number of aromatic nitrogens is 1. The first-order valence-corrected chi connectivity index (χ1v) is 21.9. The lowest BCUT2D eigenvalue weighted by Crippen LogP contribution is -2.35. The van der Waals surface area contributed by atoms with Crippen LogP contribution in [0.1, 0.15) is 103 Å². The van der Waals surface area contributed by atoms with E-state index in [0.717, 1.165) is 7.28 Å². The summed E-state index contributed by atoms with van der Waals surface area (Å²) in [4.78, 5) is 0. The van der Waals surface area contributed by atoms with Gasteiger partial charge in [-0.1, -0.05) is 148 Å². The smallest absolute Gasteiger partial charge is 0.211 e. The fraction of sp³-hybridized carbons (Fsp3) is 0.269. The minimum absolute atomic E-state index is 0.0268. The predicted octanol–water partition coefficient (Wildman–Crippen LogP) is 13.8. The summed E-state index contributed by atoms with van der Waals surface area (Å²) in [5.41, 5.74) is 15.4. The minimum atomic E-state index is 0.0268. The topological polar surface area (TPSA) is 4.93 Å². The van der Waals surface area contributed by atoms with E-state index in [0.29, 0.717) is 0 Å². The fourth-order valence-corrected chi connectivity index (χ4v) is 11.6. The Kier molecular flexibility index (Phi) is 7.78. The summed E-state index contributed by atoms with van der Waals surface area (Å²) in [5.74, 6) is 0.237. The molecule has 0 saturated heterocycles. The standard InChI is InChI=1S/C52H50BNS2/c1-29(30-15-17-31(18-16-30)50(2,3)4)34-21-19-32(51(5,6)7)25-38(34)36-22-23-37-39-27-40-35-13-11-12-14-43(35)55-45(40)28-42(39)54-47(37)46(36)53-49-48(54)41-26-33(52(8,9)10)20-24-44(41)56-49/h11-29,53H,1-10H3. The molecule has 0 radical (unpaired) electrons. The van der Waals surface area contributed by atoms with Crippen LogP contribution in [0.4, 0.5) is 0 Å². The largest absolute Gasteiger partial charge is 0.309 e. The molecule has 6 aromatic carbocycles. The van der Waals surface area contributed by atoms with Gasteiger partial charge in [0.15, 0.2) is 0 Å². The van der Waals surface area contributed by atoms with Crippen molar-refractivity contribution in [3.63, 3.8) is 0 Å². The van der Waals surface area contributed by atoms with Crippen LogP contribution < -0.4 is 10.2 Å². The van der Waals surface area contributed by atoms with Gasteiger partial charge < -0.3 is 4.57 Å². The number of thiophene rings is 2. The van der Waals surface area contributed by atoms with Crippen molar-refractivity contribution in [2.75, 3.05) is 0 Å². The molecular weight excluding hydrogens is 714 g/mol. The molecule has 9 aromatic rings. The zero-order chi connectivity index (χ0) is 39.1. The maximum atomic E-state index is 2.68. The molecule has 0 spiro atoms. The van der Waals surface area contributed by atoms with Gasteiger partial charge in [-0.05, 0) is 95.8 Å². The Bertz CT molecular complexity index is 3060. The summed E-state index contributed by atoms with van der Waals surface area (Å²) in [7, 11) is 0.924. The fourth-order valence-electron chi connectivity index (χ4n) is 9.27. The summed E-state index contributed by atoms with van der Waals surface area (Å²) < 4.78 is 8.22. The highest BCUT2D eigenvalue weighted by atomic mass is 32.1. The first-order valence-electron chi connectivity index (χ1n) is 20.3. The minimum Gasteiger partial charge on any atom is -0.309 e. The van der Waals surface area contributed by atoms with Gasteiger partial charge in [-0.15, -0.1) is 22.7 Å². The van der Waals surface area contributed by atoms with Crippen LogP contribution in [0.3, 0.4) is 0 Å². The molecule has 278 valence electrons. The number of hydrogen-bond acceptors (Lipinski definition) is 2. The predicted molar refractivity (Wildman–Crippen MR) is 251 cm³/mol. The monoisotopic (exact) mass is 763 g/mol. The summed E-state index contributed by atoms with van der Waals surface area (Å²) >= 11 is 3.91. The third kappa shape index (κ3) is 5.46. The molecule has 3 aromatic heterocycles. The Morgan fingerprint density at radius 1 is 0.518 bits per heavy atom. The second-order valence-electron chi connectivity index (χ2n) is 19.4. The lowest BCUT2D eigenvalue weighted by atomic mass is 9.62. The molecular formula is C52H50BNS2. The zero-order valence-electron chi connectivity index (χ0n) is 34.4. The third-order valence-corrected chi connectivity index (χ3v) is 14.9. The van der Waals surface area contributed by atoms with Gasteiger partial charge in [0.1, 0.15) is 0 Å². The average Bonchev–Trinajstić information content (AvgIpc) is 3.81. The normalized spacial score (nSPS) is 14.0. The lowest BCUT2D eigenvalue weighted by Gasteiger charge is -2.27. The second-order valence-corrected chi connectivity index (χ2v) is 21.7. The summed E-state index contributed by atoms with van der Waals surface area (Å²) in [6, 6.07) is 42.8. The highest BCUT2D eigenvalue weighted by molar-refractivity contribution is 7.29. The van der Waals surface area contributed by atoms with Gasteiger partial charge >= 0.3 is 0 Å². The van der Waals surface area contributed by atoms with Crippen molar-refractivity contribution in [1.82, 2.24) is 4.57 Å². The van der Waals surface area contributed by atoms with E-state index in [1.807, 2.05) is 22.7 Å². The van der Waals surface area contributed by atoms with Crippen LogP contribution in [-0.2, 0) is 16.2 Å². The van der Waals surface area contributed by atoms with Crippen molar-refractivity contribution in [1.29, 1.82) is 0 Å². The van der Waals surface area contributed by atoms with Crippen molar-refractivity contribution >= 4 is 92.3 Å². The van der Waals surface area contributed by atoms with E-state index in [1.165, 1.54) is 107 Å². The molecule has 10 rings (SSSR count). The molecule has 0 amide bonds. The number of nitrogens with zero attached hydrogens (tertiary/aromatic N) is 1. The molecule has 1 aliphatic rings. The molecule has 0 fully saturated rings. The number of benzene rings is 6. The van der Waals surface area contributed by atoms with Gasteiger partial charge in [0.2, 0.25) is 7.28 Å². The van der Waals surface area contributed by atoms with E-state index in [2.05, 4.69) is 183 Å².